The Bertz CT molecular complexity index is 1250. The minimum atomic E-state index is -1.18. The van der Waals surface area contributed by atoms with E-state index in [9.17, 15) is 24.3 Å². The Morgan fingerprint density at radius 2 is 1.96 bits per heavy atom. The van der Waals surface area contributed by atoms with E-state index in [4.69, 9.17) is 9.47 Å². The summed E-state index contributed by atoms with van der Waals surface area (Å²) in [5.41, 5.74) is -0.428. The number of carbonyl (C=O) groups is 4. The Morgan fingerprint density at radius 1 is 1.22 bits per heavy atom. The van der Waals surface area contributed by atoms with Gasteiger partial charge >= 0.3 is 5.97 Å². The van der Waals surface area contributed by atoms with E-state index in [0.29, 0.717) is 38.8 Å². The van der Waals surface area contributed by atoms with Crippen LogP contribution in [0.1, 0.15) is 77.3 Å². The second kappa shape index (κ2) is 15.9. The zero-order valence-corrected chi connectivity index (χ0v) is 27.6. The van der Waals surface area contributed by atoms with Crippen LogP contribution in [0, 0.1) is 17.8 Å². The highest BCUT2D eigenvalue weighted by atomic mass is 16.5. The molecule has 252 valence electrons. The molecule has 1 aromatic rings. The first-order valence-electron chi connectivity index (χ1n) is 16.8. The molecule has 3 amide bonds. The van der Waals surface area contributed by atoms with Gasteiger partial charge in [-0.1, -0.05) is 69.7 Å². The van der Waals surface area contributed by atoms with Crippen LogP contribution in [-0.2, 0) is 28.7 Å². The lowest BCUT2D eigenvalue weighted by atomic mass is 9.70. The molecular formula is C36H51N3O7. The Balaban J connectivity index is 1.67. The molecule has 3 heterocycles. The van der Waals surface area contributed by atoms with Crippen LogP contribution < -0.4 is 5.32 Å². The number of allylic oxidation sites excluding steroid dienone is 1. The molecule has 3 fully saturated rings. The summed E-state index contributed by atoms with van der Waals surface area (Å²) in [5, 5.41) is 13.6. The number of aliphatic hydroxyl groups is 1. The SMILES string of the molecule is C=CCCC(=O)OC[C@@H](NC(=O)[C@@H]1[C@H]2C(=O)N([C@@H](CO)CC(C)C)[C@H](C(=O)N(CC=C)CCCC)[C@]23CC[C@H]1O3)c1ccccc1. The van der Waals surface area contributed by atoms with Gasteiger partial charge in [-0.3, -0.25) is 19.2 Å². The van der Waals surface area contributed by atoms with Crippen molar-refractivity contribution in [3.8, 4) is 0 Å². The molecule has 3 aliphatic heterocycles. The van der Waals surface area contributed by atoms with E-state index >= 15 is 0 Å². The summed E-state index contributed by atoms with van der Waals surface area (Å²) in [6.07, 6.45) is 6.62. The van der Waals surface area contributed by atoms with Crippen molar-refractivity contribution in [2.45, 2.75) is 95.5 Å². The highest BCUT2D eigenvalue weighted by Crippen LogP contribution is 2.59. The van der Waals surface area contributed by atoms with E-state index in [2.05, 4.69) is 25.4 Å². The van der Waals surface area contributed by atoms with Crippen molar-refractivity contribution in [1.29, 1.82) is 0 Å². The van der Waals surface area contributed by atoms with Gasteiger partial charge in [0.25, 0.3) is 0 Å². The van der Waals surface area contributed by atoms with Gasteiger partial charge in [0.05, 0.1) is 36.6 Å². The molecule has 0 aromatic heterocycles. The molecule has 1 aromatic carbocycles. The average Bonchev–Trinajstić information content (AvgIpc) is 3.70. The van der Waals surface area contributed by atoms with Crippen LogP contribution in [-0.4, -0.2) is 88.7 Å². The van der Waals surface area contributed by atoms with Crippen LogP contribution in [0.5, 0.6) is 0 Å². The van der Waals surface area contributed by atoms with Crippen LogP contribution in [0.2, 0.25) is 0 Å². The standard InChI is InChI=1S/C36H51N3O7/c1-6-9-16-29(41)45-23-27(25-14-12-11-13-15-25)37-33(42)30-28-17-18-36(46-28)31(30)34(43)39(26(22-40)21-24(4)5)32(36)35(44)38(19-8-3)20-10-7-2/h6,8,11-15,24,26-28,30-32,40H,1,3,7,9-10,16-23H2,2,4-5H3,(H,37,42)/t26-,27-,28-,30+,31+,32-,36+/m1/s1. The first-order chi connectivity index (χ1) is 22.1. The van der Waals surface area contributed by atoms with Crippen molar-refractivity contribution in [3.05, 3.63) is 61.2 Å². The highest BCUT2D eigenvalue weighted by Gasteiger charge is 2.75. The molecule has 0 aliphatic carbocycles. The van der Waals surface area contributed by atoms with E-state index < -0.39 is 47.6 Å². The van der Waals surface area contributed by atoms with Gasteiger partial charge in [-0.25, -0.2) is 0 Å². The van der Waals surface area contributed by atoms with Crippen molar-refractivity contribution in [2.75, 3.05) is 26.3 Å². The van der Waals surface area contributed by atoms with Gasteiger partial charge in [0.15, 0.2) is 0 Å². The van der Waals surface area contributed by atoms with E-state index in [1.54, 1.807) is 22.0 Å². The molecule has 46 heavy (non-hydrogen) atoms. The van der Waals surface area contributed by atoms with Gasteiger partial charge in [0.1, 0.15) is 18.2 Å². The van der Waals surface area contributed by atoms with Crippen LogP contribution in [0.15, 0.2) is 55.6 Å². The number of unbranched alkanes of at least 4 members (excludes halogenated alkanes) is 1. The zero-order chi connectivity index (χ0) is 33.4. The summed E-state index contributed by atoms with van der Waals surface area (Å²) >= 11 is 0. The minimum absolute atomic E-state index is 0.0735. The number of fused-ring (bicyclic) bond motifs is 1. The number of ether oxygens (including phenoxy) is 2. The Kier molecular flexibility index (Phi) is 12.2. The molecule has 0 unspecified atom stereocenters. The van der Waals surface area contributed by atoms with E-state index in [0.717, 1.165) is 18.4 Å². The second-order valence-electron chi connectivity index (χ2n) is 13.2. The number of hydrogen-bond acceptors (Lipinski definition) is 7. The molecule has 3 saturated heterocycles. The Hall–Kier alpha value is -3.50. The van der Waals surface area contributed by atoms with Crippen LogP contribution in [0.4, 0.5) is 0 Å². The van der Waals surface area contributed by atoms with Crippen molar-refractivity contribution in [2.24, 2.45) is 17.8 Å². The van der Waals surface area contributed by atoms with Gasteiger partial charge < -0.3 is 29.7 Å². The number of carbonyl (C=O) groups excluding carboxylic acids is 4. The predicted molar refractivity (Wildman–Crippen MR) is 174 cm³/mol. The summed E-state index contributed by atoms with van der Waals surface area (Å²) in [6.45, 7) is 14.0. The lowest BCUT2D eigenvalue weighted by Gasteiger charge is -2.39. The number of esters is 1. The maximum absolute atomic E-state index is 14.5. The minimum Gasteiger partial charge on any atom is -0.463 e. The molecular weight excluding hydrogens is 586 g/mol. The lowest BCUT2D eigenvalue weighted by molar-refractivity contribution is -0.151. The third-order valence-electron chi connectivity index (χ3n) is 9.55. The first kappa shape index (κ1) is 35.4. The normalized spacial score (nSPS) is 26.0. The zero-order valence-electron chi connectivity index (χ0n) is 27.6. The number of rotatable bonds is 18. The van der Waals surface area contributed by atoms with Crippen molar-refractivity contribution >= 4 is 23.7 Å². The number of hydrogen-bond donors (Lipinski definition) is 2. The molecule has 2 bridgehead atoms. The molecule has 0 saturated carbocycles. The van der Waals surface area contributed by atoms with Crippen molar-refractivity contribution < 1.29 is 33.8 Å². The van der Waals surface area contributed by atoms with Gasteiger partial charge in [-0.15, -0.1) is 13.2 Å². The van der Waals surface area contributed by atoms with E-state index in [-0.39, 0.29) is 43.3 Å². The van der Waals surface area contributed by atoms with E-state index in [1.165, 1.54) is 0 Å². The largest absolute Gasteiger partial charge is 0.463 e. The molecule has 0 radical (unpaired) electrons. The number of amides is 3. The van der Waals surface area contributed by atoms with Crippen LogP contribution in [0.25, 0.3) is 0 Å². The Morgan fingerprint density at radius 3 is 2.59 bits per heavy atom. The first-order valence-corrected chi connectivity index (χ1v) is 16.8. The fourth-order valence-electron chi connectivity index (χ4n) is 7.50. The summed E-state index contributed by atoms with van der Waals surface area (Å²) in [5.74, 6) is -2.92. The molecule has 2 N–H and O–H groups in total. The molecule has 10 heteroatoms. The average molecular weight is 638 g/mol. The third kappa shape index (κ3) is 7.23. The van der Waals surface area contributed by atoms with Gasteiger partial charge in [-0.2, -0.15) is 0 Å². The summed E-state index contributed by atoms with van der Waals surface area (Å²) < 4.78 is 12.2. The van der Waals surface area contributed by atoms with Crippen LogP contribution in [0.3, 0.4) is 0 Å². The topological polar surface area (TPSA) is 125 Å². The van der Waals surface area contributed by atoms with Gasteiger partial charge in [-0.05, 0) is 43.6 Å². The van der Waals surface area contributed by atoms with Crippen molar-refractivity contribution in [1.82, 2.24) is 15.1 Å². The molecule has 7 atom stereocenters. The summed E-state index contributed by atoms with van der Waals surface area (Å²) in [4.78, 5) is 58.8. The Labute approximate surface area is 273 Å². The molecule has 4 rings (SSSR count). The second-order valence-corrected chi connectivity index (χ2v) is 13.2. The molecule has 10 nitrogen and oxygen atoms in total. The number of likely N-dealkylation sites (tertiary alicyclic amines) is 1. The lowest BCUT2D eigenvalue weighted by Crippen LogP contribution is -2.59. The number of benzene rings is 1. The smallest absolute Gasteiger partial charge is 0.306 e. The summed E-state index contributed by atoms with van der Waals surface area (Å²) in [6, 6.07) is 7.03. The quantitative estimate of drug-likeness (QED) is 0.185. The monoisotopic (exact) mass is 637 g/mol. The summed E-state index contributed by atoms with van der Waals surface area (Å²) in [7, 11) is 0. The molecule has 3 aliphatic rings. The van der Waals surface area contributed by atoms with Gasteiger partial charge in [0.2, 0.25) is 17.7 Å². The maximum atomic E-state index is 14.5. The fraction of sp³-hybridized carbons (Fsp3) is 0.611. The number of aliphatic hydroxyl groups excluding tert-OH is 1. The number of nitrogens with zero attached hydrogens (tertiary/aromatic N) is 2. The maximum Gasteiger partial charge on any atom is 0.306 e. The van der Waals surface area contributed by atoms with Crippen molar-refractivity contribution in [3.63, 3.8) is 0 Å². The number of nitrogens with one attached hydrogen (secondary N) is 1. The third-order valence-corrected chi connectivity index (χ3v) is 9.55. The van der Waals surface area contributed by atoms with E-state index in [1.807, 2.05) is 44.2 Å². The fourth-order valence-corrected chi connectivity index (χ4v) is 7.50. The highest BCUT2D eigenvalue weighted by molar-refractivity contribution is 5.99. The van der Waals surface area contributed by atoms with Crippen LogP contribution >= 0.6 is 0 Å². The van der Waals surface area contributed by atoms with Gasteiger partial charge in [0, 0.05) is 19.5 Å². The predicted octanol–water partition coefficient (Wildman–Crippen LogP) is 3.95. The molecule has 1 spiro atoms.